The number of halogens is 1. The van der Waals surface area contributed by atoms with Gasteiger partial charge in [-0.05, 0) is 24.3 Å². The second-order valence-electron chi connectivity index (χ2n) is 9.20. The molecule has 0 unspecified atom stereocenters. The lowest BCUT2D eigenvalue weighted by Gasteiger charge is -2.35. The van der Waals surface area contributed by atoms with Gasteiger partial charge in [-0.2, -0.15) is 0 Å². The van der Waals surface area contributed by atoms with E-state index in [9.17, 15) is 14.4 Å². The monoisotopic (exact) mass is 469 g/mol. The van der Waals surface area contributed by atoms with Crippen LogP contribution in [0.5, 0.6) is 0 Å². The topological polar surface area (TPSA) is 60.9 Å². The molecule has 0 N–H and O–H groups in total. The molecule has 3 fully saturated rings. The van der Waals surface area contributed by atoms with Crippen molar-refractivity contribution in [1.82, 2.24) is 14.7 Å². The van der Waals surface area contributed by atoms with E-state index in [2.05, 4.69) is 17.1 Å². The molecule has 32 heavy (non-hydrogen) atoms. The van der Waals surface area contributed by atoms with Crippen molar-refractivity contribution in [3.63, 3.8) is 0 Å². The number of carbonyl (C=O) groups is 3. The van der Waals surface area contributed by atoms with E-state index in [-0.39, 0.29) is 41.4 Å². The summed E-state index contributed by atoms with van der Waals surface area (Å²) in [6.07, 6.45) is 5.21. The molecule has 0 spiro atoms. The minimum Gasteiger partial charge on any atom is -0.335 e. The maximum Gasteiger partial charge on any atom is 0.265 e. The number of hydrogen-bond acceptors (Lipinski definition) is 5. The number of likely N-dealkylation sites (tertiary alicyclic amines) is 1. The highest BCUT2D eigenvalue weighted by molar-refractivity contribution is 7.21. The number of allylic oxidation sites excluding steroid dienone is 2. The minimum atomic E-state index is -0.127. The number of nitrogens with zero attached hydrogens (tertiary/aromatic N) is 3. The Kier molecular flexibility index (Phi) is 4.89. The molecule has 1 aromatic carbocycles. The summed E-state index contributed by atoms with van der Waals surface area (Å²) in [4.78, 5) is 44.9. The number of piperazine rings is 1. The van der Waals surface area contributed by atoms with Gasteiger partial charge in [0.2, 0.25) is 11.8 Å². The van der Waals surface area contributed by atoms with Gasteiger partial charge in [-0.25, -0.2) is 0 Å². The molecular weight excluding hydrogens is 446 g/mol. The number of hydrogen-bond donors (Lipinski definition) is 0. The van der Waals surface area contributed by atoms with Crippen molar-refractivity contribution >= 4 is 50.7 Å². The molecule has 8 heteroatoms. The molecule has 1 aromatic heterocycles. The van der Waals surface area contributed by atoms with Gasteiger partial charge >= 0.3 is 0 Å². The van der Waals surface area contributed by atoms with Gasteiger partial charge in [0.25, 0.3) is 5.91 Å². The fraction of sp³-hybridized carbons (Fsp3) is 0.458. The van der Waals surface area contributed by atoms with Gasteiger partial charge < -0.3 is 4.90 Å². The second kappa shape index (κ2) is 7.68. The van der Waals surface area contributed by atoms with E-state index in [1.807, 2.05) is 29.2 Å². The number of benzene rings is 1. The highest BCUT2D eigenvalue weighted by Crippen LogP contribution is 2.52. The summed E-state index contributed by atoms with van der Waals surface area (Å²) in [6, 6.07) is 7.81. The average molecular weight is 470 g/mol. The van der Waals surface area contributed by atoms with E-state index in [1.54, 1.807) is 0 Å². The molecule has 6 nitrogen and oxygen atoms in total. The van der Waals surface area contributed by atoms with Crippen LogP contribution in [0.25, 0.3) is 10.1 Å². The fourth-order valence-electron chi connectivity index (χ4n) is 5.90. The van der Waals surface area contributed by atoms with Crippen molar-refractivity contribution in [3.8, 4) is 0 Å². The molecule has 2 saturated heterocycles. The Morgan fingerprint density at radius 3 is 2.28 bits per heavy atom. The SMILES string of the molecule is O=C(c1sc2ccccc2c1Cl)N1CCN(CCN2C(=O)[C@H]3[C@H](C2=O)[C@H]2C=C[C@H]3C2)CC1. The largest absolute Gasteiger partial charge is 0.335 e. The second-order valence-corrected chi connectivity index (χ2v) is 10.6. The van der Waals surface area contributed by atoms with Crippen LogP contribution in [0.2, 0.25) is 5.02 Å². The van der Waals surface area contributed by atoms with E-state index in [0.717, 1.165) is 29.6 Å². The molecule has 2 aliphatic carbocycles. The number of thiophene rings is 1. The quantitative estimate of drug-likeness (QED) is 0.510. The molecule has 4 atom stereocenters. The maximum absolute atomic E-state index is 13.1. The molecule has 3 heterocycles. The summed E-state index contributed by atoms with van der Waals surface area (Å²) in [5.74, 6) is 0.270. The lowest BCUT2D eigenvalue weighted by atomic mass is 9.85. The van der Waals surface area contributed by atoms with Crippen LogP contribution in [0.4, 0.5) is 0 Å². The van der Waals surface area contributed by atoms with Gasteiger partial charge in [-0.15, -0.1) is 11.3 Å². The van der Waals surface area contributed by atoms with E-state index < -0.39 is 0 Å². The van der Waals surface area contributed by atoms with Crippen molar-refractivity contribution in [2.75, 3.05) is 39.3 Å². The predicted molar refractivity (Wildman–Crippen MR) is 124 cm³/mol. The van der Waals surface area contributed by atoms with Gasteiger partial charge in [0.1, 0.15) is 4.88 Å². The van der Waals surface area contributed by atoms with Crippen LogP contribution < -0.4 is 0 Å². The van der Waals surface area contributed by atoms with Crippen molar-refractivity contribution in [2.24, 2.45) is 23.7 Å². The van der Waals surface area contributed by atoms with Crippen LogP contribution in [0, 0.1) is 23.7 Å². The summed E-state index contributed by atoms with van der Waals surface area (Å²) in [7, 11) is 0. The first-order valence-corrected chi connectivity index (χ1v) is 12.4. The van der Waals surface area contributed by atoms with Crippen molar-refractivity contribution in [1.29, 1.82) is 0 Å². The lowest BCUT2D eigenvalue weighted by molar-refractivity contribution is -0.141. The molecule has 1 saturated carbocycles. The number of fused-ring (bicyclic) bond motifs is 6. The Balaban J connectivity index is 1.05. The fourth-order valence-corrected chi connectivity index (χ4v) is 7.38. The van der Waals surface area contributed by atoms with Crippen LogP contribution in [-0.4, -0.2) is 71.7 Å². The maximum atomic E-state index is 13.1. The van der Waals surface area contributed by atoms with Gasteiger partial charge in [-0.3, -0.25) is 24.2 Å². The van der Waals surface area contributed by atoms with Crippen LogP contribution in [0.15, 0.2) is 36.4 Å². The van der Waals surface area contributed by atoms with E-state index >= 15 is 0 Å². The average Bonchev–Trinajstić information content (AvgIpc) is 3.56. The van der Waals surface area contributed by atoms with Crippen molar-refractivity contribution in [2.45, 2.75) is 6.42 Å². The highest BCUT2D eigenvalue weighted by Gasteiger charge is 2.59. The zero-order valence-electron chi connectivity index (χ0n) is 17.6. The molecule has 2 aliphatic heterocycles. The van der Waals surface area contributed by atoms with E-state index in [1.165, 1.54) is 16.2 Å². The predicted octanol–water partition coefficient (Wildman–Crippen LogP) is 3.12. The van der Waals surface area contributed by atoms with Gasteiger partial charge in [0.15, 0.2) is 0 Å². The van der Waals surface area contributed by atoms with E-state index in [4.69, 9.17) is 11.6 Å². The summed E-state index contributed by atoms with van der Waals surface area (Å²) in [6.45, 7) is 3.79. The Hall–Kier alpha value is -2.22. The normalized spacial score (nSPS) is 29.5. The molecule has 166 valence electrons. The first-order valence-electron chi connectivity index (χ1n) is 11.2. The number of carbonyl (C=O) groups excluding carboxylic acids is 3. The molecular formula is C24H24ClN3O3S. The highest BCUT2D eigenvalue weighted by atomic mass is 35.5. The van der Waals surface area contributed by atoms with Crippen molar-refractivity contribution in [3.05, 3.63) is 46.3 Å². The Morgan fingerprint density at radius 2 is 1.62 bits per heavy atom. The van der Waals surface area contributed by atoms with Crippen LogP contribution >= 0.6 is 22.9 Å². The smallest absolute Gasteiger partial charge is 0.265 e. The third kappa shape index (κ3) is 3.05. The van der Waals surface area contributed by atoms with Gasteiger partial charge in [0, 0.05) is 49.4 Å². The summed E-state index contributed by atoms with van der Waals surface area (Å²) < 4.78 is 1.02. The van der Waals surface area contributed by atoms with Crippen LogP contribution in [0.3, 0.4) is 0 Å². The zero-order valence-corrected chi connectivity index (χ0v) is 19.1. The third-order valence-electron chi connectivity index (χ3n) is 7.59. The molecule has 4 aliphatic rings. The summed E-state index contributed by atoms with van der Waals surface area (Å²) in [5, 5.41) is 1.47. The lowest BCUT2D eigenvalue weighted by Crippen LogP contribution is -2.50. The van der Waals surface area contributed by atoms with Crippen LogP contribution in [0.1, 0.15) is 16.1 Å². The molecule has 6 rings (SSSR count). The van der Waals surface area contributed by atoms with Gasteiger partial charge in [-0.1, -0.05) is 42.0 Å². The zero-order chi connectivity index (χ0) is 22.0. The molecule has 0 radical (unpaired) electrons. The first kappa shape index (κ1) is 20.4. The Labute approximate surface area is 195 Å². The van der Waals surface area contributed by atoms with Crippen LogP contribution in [-0.2, 0) is 9.59 Å². The minimum absolute atomic E-state index is 0.0171. The van der Waals surface area contributed by atoms with Gasteiger partial charge in [0.05, 0.1) is 16.9 Å². The Bertz CT molecular complexity index is 1120. The number of imide groups is 1. The number of amides is 3. The molecule has 2 bridgehead atoms. The van der Waals surface area contributed by atoms with E-state index in [0.29, 0.717) is 36.1 Å². The molecule has 2 aromatic rings. The summed E-state index contributed by atoms with van der Waals surface area (Å²) in [5.41, 5.74) is 0. The Morgan fingerprint density at radius 1 is 0.969 bits per heavy atom. The number of rotatable bonds is 4. The molecule has 3 amide bonds. The standard InChI is InChI=1S/C24H24ClN3O3S/c25-20-16-3-1-2-4-17(16)32-21(20)24(31)27-10-7-26(8-11-27)9-12-28-22(29)18-14-5-6-15(13-14)19(18)23(28)30/h1-6,14-15,18-19H,7-13H2/t14-,15-,18+,19+/m0/s1. The third-order valence-corrected chi connectivity index (χ3v) is 9.25. The van der Waals surface area contributed by atoms with Crippen molar-refractivity contribution < 1.29 is 14.4 Å². The summed E-state index contributed by atoms with van der Waals surface area (Å²) >= 11 is 7.94. The first-order chi connectivity index (χ1) is 15.5.